The van der Waals surface area contributed by atoms with Gasteiger partial charge in [0.2, 0.25) is 5.91 Å². The van der Waals surface area contributed by atoms with E-state index in [1.54, 1.807) is 13.8 Å². The summed E-state index contributed by atoms with van der Waals surface area (Å²) in [5, 5.41) is 6.50. The van der Waals surface area contributed by atoms with Gasteiger partial charge < -0.3 is 9.84 Å². The molecule has 0 saturated carbocycles. The molecule has 1 aromatic heterocycles. The van der Waals surface area contributed by atoms with Crippen LogP contribution in [-0.4, -0.2) is 31.3 Å². The fourth-order valence-electron chi connectivity index (χ4n) is 2.40. The lowest BCUT2D eigenvalue weighted by atomic mass is 10.0. The van der Waals surface area contributed by atoms with Crippen LogP contribution in [0.25, 0.3) is 0 Å². The fraction of sp³-hybridized carbons (Fsp3) is 0.750. The maximum atomic E-state index is 12.2. The monoisotopic (exact) mass is 344 g/mol. The van der Waals surface area contributed by atoms with Crippen LogP contribution in [0.4, 0.5) is 0 Å². The molecule has 0 aliphatic rings. The summed E-state index contributed by atoms with van der Waals surface area (Å²) in [6, 6.07) is -0.0180. The lowest BCUT2D eigenvalue weighted by Crippen LogP contribution is -2.37. The molecule has 0 saturated heterocycles. The summed E-state index contributed by atoms with van der Waals surface area (Å²) < 4.78 is 29.3. The number of nitrogens with one attached hydrogen (secondary N) is 1. The Labute approximate surface area is 138 Å². The van der Waals surface area contributed by atoms with E-state index in [1.165, 1.54) is 0 Å². The number of aromatic nitrogens is 1. The summed E-state index contributed by atoms with van der Waals surface area (Å²) in [6.45, 7) is 9.58. The molecule has 1 aromatic rings. The van der Waals surface area contributed by atoms with Crippen molar-refractivity contribution in [3.8, 4) is 0 Å². The molecule has 6 nitrogen and oxygen atoms in total. The minimum absolute atomic E-state index is 0.0180. The average molecular weight is 344 g/mol. The van der Waals surface area contributed by atoms with Crippen LogP contribution in [-0.2, 0) is 20.4 Å². The van der Waals surface area contributed by atoms with E-state index in [2.05, 4.69) is 24.3 Å². The van der Waals surface area contributed by atoms with Gasteiger partial charge in [-0.15, -0.1) is 0 Å². The largest absolute Gasteiger partial charge is 0.361 e. The summed E-state index contributed by atoms with van der Waals surface area (Å²) in [6.07, 6.45) is 2.98. The van der Waals surface area contributed by atoms with Gasteiger partial charge in [0.05, 0.1) is 11.4 Å². The Kier molecular flexibility index (Phi) is 7.25. The molecule has 1 amide bonds. The Morgan fingerprint density at radius 2 is 1.87 bits per heavy atom. The van der Waals surface area contributed by atoms with Crippen LogP contribution in [0.3, 0.4) is 0 Å². The Bertz CT molecular complexity index is 601. The predicted molar refractivity (Wildman–Crippen MR) is 89.8 cm³/mol. The van der Waals surface area contributed by atoms with Gasteiger partial charge in [0.25, 0.3) is 0 Å². The molecule has 0 radical (unpaired) electrons. The molecule has 0 bridgehead atoms. The number of amides is 1. The maximum absolute atomic E-state index is 12.2. The number of aryl methyl sites for hydroxylation is 2. The number of rotatable bonds is 9. The SMILES string of the molecule is Cc1noc(C)c1CS(=O)(=O)CC(=O)N[C@@H](C)CCCC(C)C. The fourth-order valence-corrected chi connectivity index (χ4v) is 3.84. The molecule has 1 heterocycles. The zero-order valence-electron chi connectivity index (χ0n) is 14.7. The molecule has 7 heteroatoms. The minimum atomic E-state index is -3.54. The second-order valence-electron chi connectivity index (χ2n) is 6.63. The van der Waals surface area contributed by atoms with Crippen molar-refractivity contribution in [3.63, 3.8) is 0 Å². The van der Waals surface area contributed by atoms with Crippen molar-refractivity contribution in [2.24, 2.45) is 5.92 Å². The molecule has 132 valence electrons. The van der Waals surface area contributed by atoms with Crippen molar-refractivity contribution >= 4 is 15.7 Å². The van der Waals surface area contributed by atoms with E-state index in [4.69, 9.17) is 4.52 Å². The van der Waals surface area contributed by atoms with Gasteiger partial charge in [0.1, 0.15) is 11.5 Å². The van der Waals surface area contributed by atoms with Crippen LogP contribution in [0, 0.1) is 19.8 Å². The Morgan fingerprint density at radius 3 is 2.39 bits per heavy atom. The van der Waals surface area contributed by atoms with Gasteiger partial charge in [0.15, 0.2) is 9.84 Å². The van der Waals surface area contributed by atoms with Crippen LogP contribution >= 0.6 is 0 Å². The zero-order valence-corrected chi connectivity index (χ0v) is 15.5. The van der Waals surface area contributed by atoms with E-state index in [0.717, 1.165) is 19.3 Å². The van der Waals surface area contributed by atoms with E-state index in [-0.39, 0.29) is 11.8 Å². The normalized spacial score (nSPS) is 13.3. The molecule has 1 N–H and O–H groups in total. The third kappa shape index (κ3) is 7.16. The first kappa shape index (κ1) is 19.7. The third-order valence-electron chi connectivity index (χ3n) is 3.72. The van der Waals surface area contributed by atoms with Crippen LogP contribution in [0.5, 0.6) is 0 Å². The molecule has 0 aromatic carbocycles. The van der Waals surface area contributed by atoms with Gasteiger partial charge in [-0.1, -0.05) is 31.8 Å². The highest BCUT2D eigenvalue weighted by Crippen LogP contribution is 2.16. The van der Waals surface area contributed by atoms with Crippen LogP contribution in [0.15, 0.2) is 4.52 Å². The topological polar surface area (TPSA) is 89.3 Å². The Balaban J connectivity index is 2.49. The number of hydrogen-bond acceptors (Lipinski definition) is 5. The van der Waals surface area contributed by atoms with Gasteiger partial charge >= 0.3 is 0 Å². The van der Waals surface area contributed by atoms with Gasteiger partial charge in [-0.3, -0.25) is 4.79 Å². The van der Waals surface area contributed by atoms with Gasteiger partial charge in [-0.05, 0) is 33.1 Å². The maximum Gasteiger partial charge on any atom is 0.235 e. The van der Waals surface area contributed by atoms with Crippen molar-refractivity contribution < 1.29 is 17.7 Å². The first-order valence-electron chi connectivity index (χ1n) is 8.02. The molecule has 0 spiro atoms. The number of carbonyl (C=O) groups excluding carboxylic acids is 1. The second kappa shape index (κ2) is 8.47. The highest BCUT2D eigenvalue weighted by atomic mass is 32.2. The van der Waals surface area contributed by atoms with Gasteiger partial charge in [-0.2, -0.15) is 0 Å². The van der Waals surface area contributed by atoms with E-state index in [1.807, 2.05) is 6.92 Å². The minimum Gasteiger partial charge on any atom is -0.361 e. The number of sulfone groups is 1. The van der Waals surface area contributed by atoms with Crippen molar-refractivity contribution in [1.29, 1.82) is 0 Å². The van der Waals surface area contributed by atoms with Crippen LogP contribution in [0.2, 0.25) is 0 Å². The lowest BCUT2D eigenvalue weighted by Gasteiger charge is -2.14. The van der Waals surface area contributed by atoms with Crippen molar-refractivity contribution in [2.75, 3.05) is 5.75 Å². The molecule has 0 aliphatic heterocycles. The molecular formula is C16H28N2O4S. The van der Waals surface area contributed by atoms with Crippen LogP contribution < -0.4 is 5.32 Å². The zero-order chi connectivity index (χ0) is 17.6. The summed E-state index contributed by atoms with van der Waals surface area (Å²) in [5.41, 5.74) is 1.09. The summed E-state index contributed by atoms with van der Waals surface area (Å²) >= 11 is 0. The molecule has 0 fully saturated rings. The highest BCUT2D eigenvalue weighted by molar-refractivity contribution is 7.91. The first-order chi connectivity index (χ1) is 10.6. The lowest BCUT2D eigenvalue weighted by molar-refractivity contribution is -0.119. The number of carbonyl (C=O) groups is 1. The van der Waals surface area contributed by atoms with Crippen molar-refractivity contribution in [3.05, 3.63) is 17.0 Å². The van der Waals surface area contributed by atoms with Crippen LogP contribution in [0.1, 0.15) is 57.1 Å². The smallest absolute Gasteiger partial charge is 0.235 e. The summed E-state index contributed by atoms with van der Waals surface area (Å²) in [7, 11) is -3.54. The first-order valence-corrected chi connectivity index (χ1v) is 9.84. The van der Waals surface area contributed by atoms with E-state index in [9.17, 15) is 13.2 Å². The van der Waals surface area contributed by atoms with E-state index in [0.29, 0.717) is 22.9 Å². The molecule has 0 unspecified atom stereocenters. The molecule has 23 heavy (non-hydrogen) atoms. The highest BCUT2D eigenvalue weighted by Gasteiger charge is 2.22. The number of nitrogens with zero attached hydrogens (tertiary/aromatic N) is 1. The molecule has 1 rings (SSSR count). The van der Waals surface area contributed by atoms with Gasteiger partial charge in [-0.25, -0.2) is 8.42 Å². The summed E-state index contributed by atoms with van der Waals surface area (Å²) in [4.78, 5) is 11.9. The second-order valence-corrected chi connectivity index (χ2v) is 8.69. The molecular weight excluding hydrogens is 316 g/mol. The van der Waals surface area contributed by atoms with Crippen molar-refractivity contribution in [2.45, 2.75) is 65.7 Å². The molecule has 0 aliphatic carbocycles. The van der Waals surface area contributed by atoms with E-state index < -0.39 is 21.5 Å². The number of hydrogen-bond donors (Lipinski definition) is 1. The van der Waals surface area contributed by atoms with E-state index >= 15 is 0 Å². The Morgan fingerprint density at radius 1 is 1.22 bits per heavy atom. The predicted octanol–water partition coefficient (Wildman–Crippen LogP) is 2.54. The quantitative estimate of drug-likeness (QED) is 0.743. The summed E-state index contributed by atoms with van der Waals surface area (Å²) in [5.74, 6) is -0.0646. The van der Waals surface area contributed by atoms with Gasteiger partial charge in [0, 0.05) is 11.6 Å². The Hall–Kier alpha value is -1.37. The third-order valence-corrected chi connectivity index (χ3v) is 5.15. The van der Waals surface area contributed by atoms with Crippen molar-refractivity contribution in [1.82, 2.24) is 10.5 Å². The molecule has 1 atom stereocenters. The standard InChI is InChI=1S/C16H28N2O4S/c1-11(2)7-6-8-12(3)17-16(19)10-23(20,21)9-15-13(4)18-22-14(15)5/h11-12H,6-10H2,1-5H3,(H,17,19)/t12-/m0/s1. The average Bonchev–Trinajstić information content (AvgIpc) is 2.68.